The molecule has 0 saturated heterocycles. The van der Waals surface area contributed by atoms with Gasteiger partial charge >= 0.3 is 0 Å². The van der Waals surface area contributed by atoms with Crippen LogP contribution in [0.4, 0.5) is 0 Å². The summed E-state index contributed by atoms with van der Waals surface area (Å²) in [5, 5.41) is 5.94. The first-order chi connectivity index (χ1) is 8.15. The second-order valence-corrected chi connectivity index (χ2v) is 4.15. The summed E-state index contributed by atoms with van der Waals surface area (Å²) in [4.78, 5) is 11.7. The molecular weight excluding hydrogens is 218 g/mol. The molecule has 1 unspecified atom stereocenters. The highest BCUT2D eigenvalue weighted by Gasteiger charge is 2.07. The molecule has 96 valence electrons. The number of amides is 1. The van der Waals surface area contributed by atoms with Crippen molar-refractivity contribution in [1.82, 2.24) is 15.2 Å². The Morgan fingerprint density at radius 1 is 1.59 bits per heavy atom. The summed E-state index contributed by atoms with van der Waals surface area (Å²) in [6.07, 6.45) is 3.88. The number of rotatable bonds is 7. The third-order valence-corrected chi connectivity index (χ3v) is 2.34. The quantitative estimate of drug-likeness (QED) is 0.722. The van der Waals surface area contributed by atoms with Gasteiger partial charge in [-0.1, -0.05) is 0 Å². The molecule has 5 nitrogen and oxygen atoms in total. The Morgan fingerprint density at radius 3 is 3.00 bits per heavy atom. The Labute approximate surface area is 102 Å². The van der Waals surface area contributed by atoms with Gasteiger partial charge in [0.1, 0.15) is 6.54 Å². The second kappa shape index (κ2) is 7.09. The molecule has 5 heteroatoms. The van der Waals surface area contributed by atoms with Crippen molar-refractivity contribution in [2.45, 2.75) is 26.1 Å². The van der Waals surface area contributed by atoms with Gasteiger partial charge in [0.2, 0.25) is 5.91 Å². The van der Waals surface area contributed by atoms with Crippen LogP contribution in [0.15, 0.2) is 18.5 Å². The lowest BCUT2D eigenvalue weighted by Crippen LogP contribution is -2.37. The van der Waals surface area contributed by atoms with Gasteiger partial charge in [-0.05, 0) is 25.6 Å². The minimum Gasteiger partial charge on any atom is -0.383 e. The van der Waals surface area contributed by atoms with Gasteiger partial charge in [0.05, 0.1) is 6.61 Å². The molecule has 1 aromatic heterocycles. The number of nitrogens with one attached hydrogen (secondary N) is 2. The van der Waals surface area contributed by atoms with Crippen molar-refractivity contribution in [1.29, 1.82) is 0 Å². The summed E-state index contributed by atoms with van der Waals surface area (Å²) < 4.78 is 6.84. The van der Waals surface area contributed by atoms with E-state index in [1.54, 1.807) is 7.11 Å². The van der Waals surface area contributed by atoms with E-state index in [-0.39, 0.29) is 11.9 Å². The highest BCUT2D eigenvalue weighted by Crippen LogP contribution is 2.00. The Balaban J connectivity index is 2.39. The first kappa shape index (κ1) is 13.7. The lowest BCUT2D eigenvalue weighted by atomic mass is 10.3. The smallest absolute Gasteiger partial charge is 0.240 e. The molecule has 2 N–H and O–H groups in total. The fraction of sp³-hybridized carbons (Fsp3) is 0.583. The molecule has 1 rings (SSSR count). The maximum absolute atomic E-state index is 11.7. The molecule has 0 aliphatic rings. The molecule has 0 saturated carbocycles. The van der Waals surface area contributed by atoms with Gasteiger partial charge in [-0.25, -0.2) is 0 Å². The molecule has 1 amide bonds. The van der Waals surface area contributed by atoms with Gasteiger partial charge in [0.25, 0.3) is 0 Å². The molecule has 0 fully saturated rings. The zero-order valence-corrected chi connectivity index (χ0v) is 10.7. The largest absolute Gasteiger partial charge is 0.383 e. The number of carbonyl (C=O) groups is 1. The van der Waals surface area contributed by atoms with Gasteiger partial charge < -0.3 is 19.9 Å². The average molecular weight is 239 g/mol. The van der Waals surface area contributed by atoms with E-state index in [9.17, 15) is 4.79 Å². The molecule has 0 aliphatic heterocycles. The fourth-order valence-corrected chi connectivity index (χ4v) is 1.68. The van der Waals surface area contributed by atoms with Gasteiger partial charge in [0.15, 0.2) is 0 Å². The first-order valence-corrected chi connectivity index (χ1v) is 5.73. The van der Waals surface area contributed by atoms with Crippen LogP contribution in [0.3, 0.4) is 0 Å². The highest BCUT2D eigenvalue weighted by molar-refractivity contribution is 5.76. The number of ether oxygens (including phenoxy) is 1. The molecular formula is C12H21N3O2. The molecule has 0 spiro atoms. The van der Waals surface area contributed by atoms with Crippen LogP contribution in [-0.2, 0) is 22.6 Å². The van der Waals surface area contributed by atoms with Crippen molar-refractivity contribution in [2.24, 2.45) is 0 Å². The van der Waals surface area contributed by atoms with Crippen molar-refractivity contribution in [3.8, 4) is 0 Å². The minimum absolute atomic E-state index is 0.00107. The summed E-state index contributed by atoms with van der Waals surface area (Å²) in [6, 6.07) is 2.04. The zero-order chi connectivity index (χ0) is 12.7. The fourth-order valence-electron chi connectivity index (χ4n) is 1.68. The maximum atomic E-state index is 11.7. The van der Waals surface area contributed by atoms with Gasteiger partial charge in [-0.3, -0.25) is 4.79 Å². The first-order valence-electron chi connectivity index (χ1n) is 5.73. The highest BCUT2D eigenvalue weighted by atomic mass is 16.5. The van der Waals surface area contributed by atoms with Crippen LogP contribution in [0.2, 0.25) is 0 Å². The number of hydrogen-bond acceptors (Lipinski definition) is 3. The van der Waals surface area contributed by atoms with Crippen molar-refractivity contribution in [2.75, 3.05) is 20.8 Å². The topological polar surface area (TPSA) is 55.3 Å². The van der Waals surface area contributed by atoms with Gasteiger partial charge in [-0.15, -0.1) is 0 Å². The molecule has 0 bridgehead atoms. The predicted octanol–water partition coefficient (Wildman–Crippen LogP) is 0.359. The van der Waals surface area contributed by atoms with E-state index in [1.807, 2.05) is 37.0 Å². The van der Waals surface area contributed by atoms with Crippen LogP contribution in [-0.4, -0.2) is 37.3 Å². The van der Waals surface area contributed by atoms with E-state index in [1.165, 1.54) is 5.56 Å². The van der Waals surface area contributed by atoms with Crippen LogP contribution in [0.5, 0.6) is 0 Å². The summed E-state index contributed by atoms with van der Waals surface area (Å²) >= 11 is 0. The van der Waals surface area contributed by atoms with E-state index >= 15 is 0 Å². The summed E-state index contributed by atoms with van der Waals surface area (Å²) in [5.41, 5.74) is 1.17. The Hall–Kier alpha value is -1.33. The van der Waals surface area contributed by atoms with E-state index in [0.29, 0.717) is 13.2 Å². The third kappa shape index (κ3) is 5.01. The summed E-state index contributed by atoms with van der Waals surface area (Å²) in [5.74, 6) is 0.00107. The van der Waals surface area contributed by atoms with Crippen molar-refractivity contribution >= 4 is 5.91 Å². The standard InChI is InChI=1S/C12H21N3O2/c1-10(9-17-3)14-12(16)8-15-5-4-11(7-15)6-13-2/h4-5,7,10,13H,6,8-9H2,1-3H3,(H,14,16). The van der Waals surface area contributed by atoms with E-state index in [2.05, 4.69) is 10.6 Å². The maximum Gasteiger partial charge on any atom is 0.240 e. The van der Waals surface area contributed by atoms with E-state index in [4.69, 9.17) is 4.74 Å². The molecule has 0 radical (unpaired) electrons. The van der Waals surface area contributed by atoms with Crippen LogP contribution in [0.1, 0.15) is 12.5 Å². The van der Waals surface area contributed by atoms with Crippen LogP contribution < -0.4 is 10.6 Å². The van der Waals surface area contributed by atoms with Gasteiger partial charge in [0, 0.05) is 32.1 Å². The number of hydrogen-bond donors (Lipinski definition) is 2. The van der Waals surface area contributed by atoms with E-state index < -0.39 is 0 Å². The Bertz CT molecular complexity index is 349. The average Bonchev–Trinajstić information content (AvgIpc) is 2.66. The molecule has 17 heavy (non-hydrogen) atoms. The molecule has 0 aliphatic carbocycles. The molecule has 0 aromatic carbocycles. The molecule has 1 heterocycles. The lowest BCUT2D eigenvalue weighted by molar-refractivity contribution is -0.122. The van der Waals surface area contributed by atoms with Gasteiger partial charge in [-0.2, -0.15) is 0 Å². The lowest BCUT2D eigenvalue weighted by Gasteiger charge is -2.12. The van der Waals surface area contributed by atoms with Crippen molar-refractivity contribution in [3.05, 3.63) is 24.0 Å². The van der Waals surface area contributed by atoms with Crippen LogP contribution in [0.25, 0.3) is 0 Å². The predicted molar refractivity (Wildman–Crippen MR) is 66.7 cm³/mol. The van der Waals surface area contributed by atoms with Crippen molar-refractivity contribution in [3.63, 3.8) is 0 Å². The Morgan fingerprint density at radius 2 is 2.35 bits per heavy atom. The normalized spacial score (nSPS) is 12.4. The SMILES string of the molecule is CNCc1ccn(CC(=O)NC(C)COC)c1. The number of methoxy groups -OCH3 is 1. The zero-order valence-electron chi connectivity index (χ0n) is 10.7. The summed E-state index contributed by atoms with van der Waals surface area (Å²) in [6.45, 7) is 3.61. The number of aromatic nitrogens is 1. The van der Waals surface area contributed by atoms with Crippen LogP contribution in [0, 0.1) is 0 Å². The molecule has 1 aromatic rings. The number of carbonyl (C=O) groups excluding carboxylic acids is 1. The van der Waals surface area contributed by atoms with Crippen LogP contribution >= 0.6 is 0 Å². The Kier molecular flexibility index (Phi) is 5.72. The third-order valence-electron chi connectivity index (χ3n) is 2.34. The molecule has 1 atom stereocenters. The second-order valence-electron chi connectivity index (χ2n) is 4.15. The van der Waals surface area contributed by atoms with E-state index in [0.717, 1.165) is 6.54 Å². The minimum atomic E-state index is 0.00107. The van der Waals surface area contributed by atoms with Crippen molar-refractivity contribution < 1.29 is 9.53 Å². The number of nitrogens with zero attached hydrogens (tertiary/aromatic N) is 1. The monoisotopic (exact) mass is 239 g/mol. The summed E-state index contributed by atoms with van der Waals surface area (Å²) in [7, 11) is 3.52.